The topological polar surface area (TPSA) is 96.6 Å². The molecule has 1 unspecified atom stereocenters. The first-order chi connectivity index (χ1) is 9.00. The molecule has 0 spiro atoms. The highest BCUT2D eigenvalue weighted by molar-refractivity contribution is 7.99. The summed E-state index contributed by atoms with van der Waals surface area (Å²) in [6.45, 7) is 2.28. The van der Waals surface area contributed by atoms with Crippen LogP contribution in [-0.2, 0) is 4.79 Å². The molecule has 0 radical (unpaired) electrons. The number of aryl methyl sites for hydroxylation is 1. The lowest BCUT2D eigenvalue weighted by Crippen LogP contribution is -2.48. The Morgan fingerprint density at radius 1 is 1.68 bits per heavy atom. The first kappa shape index (κ1) is 13.6. The van der Waals surface area contributed by atoms with Crippen LogP contribution in [0.2, 0.25) is 0 Å². The molecule has 0 saturated carbocycles. The van der Waals surface area contributed by atoms with Crippen LogP contribution in [0.15, 0.2) is 12.3 Å². The van der Waals surface area contributed by atoms with Gasteiger partial charge in [-0.15, -0.1) is 0 Å². The molecular formula is C11H13N3O4S. The normalized spacial score (nSPS) is 19.2. The summed E-state index contributed by atoms with van der Waals surface area (Å²) < 4.78 is 0. The molecule has 1 aromatic heterocycles. The maximum absolute atomic E-state index is 11.2. The molecule has 7 nitrogen and oxygen atoms in total. The maximum atomic E-state index is 11.2. The van der Waals surface area contributed by atoms with E-state index in [1.807, 2.05) is 0 Å². The van der Waals surface area contributed by atoms with E-state index < -0.39 is 16.9 Å². The molecule has 0 aromatic carbocycles. The first-order valence-electron chi connectivity index (χ1n) is 5.69. The highest BCUT2D eigenvalue weighted by Gasteiger charge is 2.31. The third kappa shape index (κ3) is 2.78. The Morgan fingerprint density at radius 2 is 2.42 bits per heavy atom. The largest absolute Gasteiger partial charge is 0.480 e. The summed E-state index contributed by atoms with van der Waals surface area (Å²) in [5.41, 5.74) is 0.534. The van der Waals surface area contributed by atoms with Gasteiger partial charge in [0.2, 0.25) is 0 Å². The monoisotopic (exact) mass is 283 g/mol. The summed E-state index contributed by atoms with van der Waals surface area (Å²) in [7, 11) is 0. The summed E-state index contributed by atoms with van der Waals surface area (Å²) in [4.78, 5) is 27.2. The molecule has 1 atom stereocenters. The van der Waals surface area contributed by atoms with Gasteiger partial charge in [0, 0.05) is 24.1 Å². The van der Waals surface area contributed by atoms with Crippen LogP contribution in [0.25, 0.3) is 0 Å². The Labute approximate surface area is 113 Å². The van der Waals surface area contributed by atoms with Crippen LogP contribution >= 0.6 is 11.8 Å². The maximum Gasteiger partial charge on any atom is 0.327 e. The van der Waals surface area contributed by atoms with Crippen molar-refractivity contribution in [3.05, 3.63) is 27.9 Å². The highest BCUT2D eigenvalue weighted by Crippen LogP contribution is 2.27. The number of pyridine rings is 1. The average molecular weight is 283 g/mol. The molecule has 0 aliphatic carbocycles. The van der Waals surface area contributed by atoms with Crippen LogP contribution in [0.1, 0.15) is 5.56 Å². The lowest BCUT2D eigenvalue weighted by Gasteiger charge is -2.34. The molecule has 1 N–H and O–H groups in total. The number of nitro groups is 1. The number of carboxylic acids is 1. The minimum atomic E-state index is -0.897. The van der Waals surface area contributed by atoms with Crippen molar-refractivity contribution in [3.8, 4) is 0 Å². The van der Waals surface area contributed by atoms with Gasteiger partial charge < -0.3 is 10.0 Å². The summed E-state index contributed by atoms with van der Waals surface area (Å²) in [5.74, 6) is 0.931. The van der Waals surface area contributed by atoms with Gasteiger partial charge in [0.15, 0.2) is 0 Å². The second-order valence-electron chi connectivity index (χ2n) is 4.21. The minimum Gasteiger partial charge on any atom is -0.480 e. The molecule has 1 aromatic rings. The summed E-state index contributed by atoms with van der Waals surface area (Å²) in [6.07, 6.45) is 1.17. The van der Waals surface area contributed by atoms with Crippen molar-refractivity contribution >= 4 is 29.2 Å². The molecule has 1 fully saturated rings. The van der Waals surface area contributed by atoms with E-state index in [-0.39, 0.29) is 5.69 Å². The number of hydrogen-bond acceptors (Lipinski definition) is 6. The molecule has 102 valence electrons. The Kier molecular flexibility index (Phi) is 3.89. The number of hydrogen-bond donors (Lipinski definition) is 1. The van der Waals surface area contributed by atoms with E-state index >= 15 is 0 Å². The molecule has 0 amide bonds. The molecule has 2 rings (SSSR count). The molecule has 1 saturated heterocycles. The SMILES string of the molecule is Cc1cc([N+](=O)[O-])cnc1N1CCSCC1C(=O)O. The predicted molar refractivity (Wildman–Crippen MR) is 71.7 cm³/mol. The minimum absolute atomic E-state index is 0.0838. The van der Waals surface area contributed by atoms with Crippen molar-refractivity contribution in [3.63, 3.8) is 0 Å². The molecular weight excluding hydrogens is 270 g/mol. The van der Waals surface area contributed by atoms with E-state index in [1.165, 1.54) is 12.3 Å². The van der Waals surface area contributed by atoms with Crippen LogP contribution in [0, 0.1) is 17.0 Å². The third-order valence-electron chi connectivity index (χ3n) is 2.93. The number of anilines is 1. The van der Waals surface area contributed by atoms with Gasteiger partial charge in [-0.3, -0.25) is 10.1 Å². The van der Waals surface area contributed by atoms with Crippen molar-refractivity contribution in [1.29, 1.82) is 0 Å². The van der Waals surface area contributed by atoms with Crippen LogP contribution in [0.4, 0.5) is 11.5 Å². The van der Waals surface area contributed by atoms with E-state index in [9.17, 15) is 20.0 Å². The lowest BCUT2D eigenvalue weighted by molar-refractivity contribution is -0.385. The fraction of sp³-hybridized carbons (Fsp3) is 0.455. The van der Waals surface area contributed by atoms with Crippen molar-refractivity contribution in [1.82, 2.24) is 4.98 Å². The Balaban J connectivity index is 2.34. The van der Waals surface area contributed by atoms with Crippen LogP contribution in [0.3, 0.4) is 0 Å². The molecule has 8 heteroatoms. The summed E-state index contributed by atoms with van der Waals surface area (Å²) in [6, 6.07) is 0.787. The Hall–Kier alpha value is -1.83. The van der Waals surface area contributed by atoms with Gasteiger partial charge in [0.25, 0.3) is 5.69 Å². The number of thioether (sulfide) groups is 1. The van der Waals surface area contributed by atoms with E-state index in [1.54, 1.807) is 23.6 Å². The Bertz CT molecular complexity index is 523. The third-order valence-corrected chi connectivity index (χ3v) is 3.96. The number of rotatable bonds is 3. The lowest BCUT2D eigenvalue weighted by atomic mass is 10.2. The summed E-state index contributed by atoms with van der Waals surface area (Å²) in [5, 5.41) is 19.9. The average Bonchev–Trinajstić information content (AvgIpc) is 2.38. The fourth-order valence-corrected chi connectivity index (χ4v) is 3.05. The van der Waals surface area contributed by atoms with E-state index in [0.717, 1.165) is 5.75 Å². The van der Waals surface area contributed by atoms with Gasteiger partial charge in [-0.25, -0.2) is 9.78 Å². The van der Waals surface area contributed by atoms with Crippen molar-refractivity contribution in [2.75, 3.05) is 23.0 Å². The number of carboxylic acid groups (broad SMARTS) is 1. The predicted octanol–water partition coefficient (Wildman–Crippen LogP) is 1.30. The first-order valence-corrected chi connectivity index (χ1v) is 6.84. The zero-order valence-electron chi connectivity index (χ0n) is 10.3. The number of aromatic nitrogens is 1. The standard InChI is InChI=1S/C11H13N3O4S/c1-7-4-8(14(17)18)5-12-10(7)13-2-3-19-6-9(13)11(15)16/h4-5,9H,2-3,6H2,1H3,(H,15,16). The highest BCUT2D eigenvalue weighted by atomic mass is 32.2. The summed E-state index contributed by atoms with van der Waals surface area (Å²) >= 11 is 1.59. The molecule has 19 heavy (non-hydrogen) atoms. The number of carbonyl (C=O) groups is 1. The van der Waals surface area contributed by atoms with Gasteiger partial charge in [-0.1, -0.05) is 0 Å². The van der Waals surface area contributed by atoms with Crippen molar-refractivity contribution in [2.45, 2.75) is 13.0 Å². The molecule has 2 heterocycles. The zero-order valence-corrected chi connectivity index (χ0v) is 11.1. The van der Waals surface area contributed by atoms with E-state index in [4.69, 9.17) is 0 Å². The quantitative estimate of drug-likeness (QED) is 0.659. The molecule has 0 bridgehead atoms. The second-order valence-corrected chi connectivity index (χ2v) is 5.36. The van der Waals surface area contributed by atoms with Crippen LogP contribution in [-0.4, -0.2) is 45.1 Å². The van der Waals surface area contributed by atoms with Crippen LogP contribution < -0.4 is 4.90 Å². The van der Waals surface area contributed by atoms with Gasteiger partial charge in [0.05, 0.1) is 4.92 Å². The van der Waals surface area contributed by atoms with Crippen molar-refractivity contribution in [2.24, 2.45) is 0 Å². The molecule has 1 aliphatic heterocycles. The van der Waals surface area contributed by atoms with Crippen molar-refractivity contribution < 1.29 is 14.8 Å². The number of aliphatic carboxylic acids is 1. The van der Waals surface area contributed by atoms with E-state index in [2.05, 4.69) is 4.98 Å². The second kappa shape index (κ2) is 5.43. The van der Waals surface area contributed by atoms with Gasteiger partial charge >= 0.3 is 5.97 Å². The smallest absolute Gasteiger partial charge is 0.327 e. The fourth-order valence-electron chi connectivity index (χ4n) is 2.02. The number of nitrogens with zero attached hydrogens (tertiary/aromatic N) is 3. The van der Waals surface area contributed by atoms with Crippen LogP contribution in [0.5, 0.6) is 0 Å². The van der Waals surface area contributed by atoms with Gasteiger partial charge in [-0.2, -0.15) is 11.8 Å². The van der Waals surface area contributed by atoms with E-state index in [0.29, 0.717) is 23.7 Å². The van der Waals surface area contributed by atoms with Gasteiger partial charge in [0.1, 0.15) is 18.1 Å². The van der Waals surface area contributed by atoms with Gasteiger partial charge in [-0.05, 0) is 12.5 Å². The molecule has 1 aliphatic rings. The zero-order chi connectivity index (χ0) is 14.0. The Morgan fingerprint density at radius 3 is 3.00 bits per heavy atom.